The molecule has 6 heteroatoms. The maximum absolute atomic E-state index is 13.5. The Bertz CT molecular complexity index is 960. The van der Waals surface area contributed by atoms with Crippen molar-refractivity contribution in [3.05, 3.63) is 77.8 Å². The zero-order chi connectivity index (χ0) is 19.2. The van der Waals surface area contributed by atoms with E-state index in [2.05, 4.69) is 5.32 Å². The van der Waals surface area contributed by atoms with Gasteiger partial charge in [0.05, 0.1) is 6.04 Å². The number of ether oxygens (including phenoxy) is 1. The first-order valence-electron chi connectivity index (χ1n) is 8.40. The minimum atomic E-state index is -0.732. The molecule has 0 unspecified atom stereocenters. The van der Waals surface area contributed by atoms with Gasteiger partial charge in [0.1, 0.15) is 17.2 Å². The lowest BCUT2D eigenvalue weighted by atomic mass is 10.2. The molecule has 2 aromatic carbocycles. The minimum absolute atomic E-state index is 0.261. The van der Waals surface area contributed by atoms with Gasteiger partial charge in [-0.15, -0.1) is 0 Å². The smallest absolute Gasteiger partial charge is 0.331 e. The standard InChI is InChI=1S/C21H18FNO4/c1-14(19-12-16-7-3-5-9-18(16)27-19)23-20(24)13-26-21(25)11-10-15-6-2-4-8-17(15)22/h2-12,14H,13H2,1H3,(H,23,24)/b11-10+/t14-/m1/s1. The molecule has 0 aliphatic heterocycles. The number of nitrogens with one attached hydrogen (secondary N) is 1. The van der Waals surface area contributed by atoms with Crippen LogP contribution in [-0.4, -0.2) is 18.5 Å². The van der Waals surface area contributed by atoms with Crippen molar-refractivity contribution in [2.75, 3.05) is 6.61 Å². The minimum Gasteiger partial charge on any atom is -0.459 e. The Morgan fingerprint density at radius 3 is 2.70 bits per heavy atom. The SMILES string of the molecule is C[C@@H](NC(=O)COC(=O)/C=C/c1ccccc1F)c1cc2ccccc2o1. The molecule has 1 atom stereocenters. The molecular formula is C21H18FNO4. The second-order valence-electron chi connectivity index (χ2n) is 5.94. The fourth-order valence-electron chi connectivity index (χ4n) is 2.52. The Morgan fingerprint density at radius 1 is 1.19 bits per heavy atom. The molecule has 0 saturated carbocycles. The first kappa shape index (κ1) is 18.4. The summed E-state index contributed by atoms with van der Waals surface area (Å²) >= 11 is 0. The normalized spacial score (nSPS) is 12.2. The highest BCUT2D eigenvalue weighted by atomic mass is 19.1. The summed E-state index contributed by atoms with van der Waals surface area (Å²) in [5.74, 6) is -1.03. The van der Waals surface area contributed by atoms with Gasteiger partial charge in [0.15, 0.2) is 6.61 Å². The lowest BCUT2D eigenvalue weighted by molar-refractivity contribution is -0.144. The van der Waals surface area contributed by atoms with E-state index in [0.717, 1.165) is 17.0 Å². The molecular weight excluding hydrogens is 349 g/mol. The lowest BCUT2D eigenvalue weighted by Crippen LogP contribution is -2.30. The van der Waals surface area contributed by atoms with E-state index in [1.807, 2.05) is 30.3 Å². The molecule has 1 amide bonds. The zero-order valence-corrected chi connectivity index (χ0v) is 14.6. The van der Waals surface area contributed by atoms with Gasteiger partial charge in [-0.25, -0.2) is 9.18 Å². The molecule has 3 aromatic rings. The van der Waals surface area contributed by atoms with Crippen molar-refractivity contribution in [1.29, 1.82) is 0 Å². The number of carbonyl (C=O) groups is 2. The van der Waals surface area contributed by atoms with Crippen molar-refractivity contribution in [3.8, 4) is 0 Å². The van der Waals surface area contributed by atoms with E-state index in [0.29, 0.717) is 5.76 Å². The van der Waals surface area contributed by atoms with Crippen LogP contribution in [0.15, 0.2) is 65.1 Å². The number of carbonyl (C=O) groups excluding carboxylic acids is 2. The molecule has 27 heavy (non-hydrogen) atoms. The molecule has 0 fully saturated rings. The maximum atomic E-state index is 13.5. The predicted octanol–water partition coefficient (Wildman–Crippen LogP) is 4.01. The van der Waals surface area contributed by atoms with Crippen LogP contribution in [0.1, 0.15) is 24.3 Å². The van der Waals surface area contributed by atoms with Gasteiger partial charge in [-0.1, -0.05) is 36.4 Å². The van der Waals surface area contributed by atoms with Crippen LogP contribution < -0.4 is 5.32 Å². The van der Waals surface area contributed by atoms with Gasteiger partial charge < -0.3 is 14.5 Å². The molecule has 138 valence electrons. The van der Waals surface area contributed by atoms with E-state index < -0.39 is 24.3 Å². The van der Waals surface area contributed by atoms with Crippen LogP contribution >= 0.6 is 0 Å². The number of rotatable bonds is 6. The number of benzene rings is 2. The summed E-state index contributed by atoms with van der Waals surface area (Å²) < 4.78 is 24.0. The van der Waals surface area contributed by atoms with Gasteiger partial charge >= 0.3 is 5.97 Å². The molecule has 0 aliphatic rings. The average Bonchev–Trinajstić information content (AvgIpc) is 3.10. The number of fused-ring (bicyclic) bond motifs is 1. The molecule has 0 spiro atoms. The fourth-order valence-corrected chi connectivity index (χ4v) is 2.52. The number of para-hydroxylation sites is 1. The zero-order valence-electron chi connectivity index (χ0n) is 14.6. The van der Waals surface area contributed by atoms with Crippen molar-refractivity contribution in [1.82, 2.24) is 5.32 Å². The van der Waals surface area contributed by atoms with Crippen molar-refractivity contribution < 1.29 is 23.1 Å². The highest BCUT2D eigenvalue weighted by molar-refractivity contribution is 5.89. The molecule has 1 heterocycles. The highest BCUT2D eigenvalue weighted by Gasteiger charge is 2.15. The second kappa shape index (κ2) is 8.31. The van der Waals surface area contributed by atoms with Crippen molar-refractivity contribution in [2.24, 2.45) is 0 Å². The van der Waals surface area contributed by atoms with Crippen LogP contribution in [0.4, 0.5) is 4.39 Å². The van der Waals surface area contributed by atoms with Gasteiger partial charge in [-0.05, 0) is 31.2 Å². The number of halogens is 1. The third kappa shape index (κ3) is 4.82. The molecule has 0 bridgehead atoms. The summed E-state index contributed by atoms with van der Waals surface area (Å²) in [7, 11) is 0. The topological polar surface area (TPSA) is 68.5 Å². The molecule has 0 saturated heterocycles. The first-order chi connectivity index (χ1) is 13.0. The summed E-state index contributed by atoms with van der Waals surface area (Å²) in [6, 6.07) is 15.0. The number of furan rings is 1. The van der Waals surface area contributed by atoms with Crippen LogP contribution in [0.2, 0.25) is 0 Å². The molecule has 1 N–H and O–H groups in total. The Labute approximate surface area is 155 Å². The quantitative estimate of drug-likeness (QED) is 0.528. The molecule has 0 radical (unpaired) electrons. The number of amides is 1. The summed E-state index contributed by atoms with van der Waals surface area (Å²) in [5.41, 5.74) is 0.996. The third-order valence-corrected chi connectivity index (χ3v) is 3.90. The van der Waals surface area contributed by atoms with Gasteiger partial charge in [-0.3, -0.25) is 4.79 Å². The highest BCUT2D eigenvalue weighted by Crippen LogP contribution is 2.23. The van der Waals surface area contributed by atoms with Crippen LogP contribution in [0.5, 0.6) is 0 Å². The van der Waals surface area contributed by atoms with Crippen LogP contribution in [0.25, 0.3) is 17.0 Å². The molecule has 3 rings (SSSR count). The Balaban J connectivity index is 1.50. The monoisotopic (exact) mass is 367 g/mol. The van der Waals surface area contributed by atoms with Gasteiger partial charge in [0, 0.05) is 17.0 Å². The van der Waals surface area contributed by atoms with Crippen LogP contribution in [0.3, 0.4) is 0 Å². The van der Waals surface area contributed by atoms with E-state index in [1.54, 1.807) is 19.1 Å². The predicted molar refractivity (Wildman–Crippen MR) is 99.2 cm³/mol. The number of hydrogen-bond acceptors (Lipinski definition) is 4. The van der Waals surface area contributed by atoms with Crippen molar-refractivity contribution in [3.63, 3.8) is 0 Å². The van der Waals surface area contributed by atoms with Crippen molar-refractivity contribution in [2.45, 2.75) is 13.0 Å². The summed E-state index contributed by atoms with van der Waals surface area (Å²) in [5, 5.41) is 3.64. The molecule has 0 aliphatic carbocycles. The van der Waals surface area contributed by atoms with E-state index in [-0.39, 0.29) is 11.6 Å². The molecule has 5 nitrogen and oxygen atoms in total. The largest absolute Gasteiger partial charge is 0.459 e. The maximum Gasteiger partial charge on any atom is 0.331 e. The fraction of sp³-hybridized carbons (Fsp3) is 0.143. The lowest BCUT2D eigenvalue weighted by Gasteiger charge is -2.11. The van der Waals surface area contributed by atoms with Crippen LogP contribution in [-0.2, 0) is 14.3 Å². The van der Waals surface area contributed by atoms with Crippen LogP contribution in [0, 0.1) is 5.82 Å². The molecule has 1 aromatic heterocycles. The second-order valence-corrected chi connectivity index (χ2v) is 5.94. The Morgan fingerprint density at radius 2 is 1.93 bits per heavy atom. The Hall–Kier alpha value is -3.41. The first-order valence-corrected chi connectivity index (χ1v) is 8.40. The Kier molecular flexibility index (Phi) is 5.66. The van der Waals surface area contributed by atoms with E-state index >= 15 is 0 Å². The summed E-state index contributed by atoms with van der Waals surface area (Å²) in [6.45, 7) is 1.33. The summed E-state index contributed by atoms with van der Waals surface area (Å²) in [4.78, 5) is 23.6. The summed E-state index contributed by atoms with van der Waals surface area (Å²) in [6.07, 6.45) is 2.38. The third-order valence-electron chi connectivity index (χ3n) is 3.90. The average molecular weight is 367 g/mol. The van der Waals surface area contributed by atoms with E-state index in [1.165, 1.54) is 18.2 Å². The van der Waals surface area contributed by atoms with Gasteiger partial charge in [0.25, 0.3) is 5.91 Å². The van der Waals surface area contributed by atoms with Gasteiger partial charge in [0.2, 0.25) is 0 Å². The number of esters is 1. The number of hydrogen-bond donors (Lipinski definition) is 1. The van der Waals surface area contributed by atoms with E-state index in [4.69, 9.17) is 9.15 Å². The van der Waals surface area contributed by atoms with Gasteiger partial charge in [-0.2, -0.15) is 0 Å². The van der Waals surface area contributed by atoms with E-state index in [9.17, 15) is 14.0 Å². The van der Waals surface area contributed by atoms with Crippen molar-refractivity contribution >= 4 is 28.9 Å².